The Morgan fingerprint density at radius 3 is 2.33 bits per heavy atom. The van der Waals surface area contributed by atoms with Crippen molar-refractivity contribution in [1.29, 1.82) is 0 Å². The Balaban J connectivity index is 2.08. The van der Waals surface area contributed by atoms with E-state index in [-0.39, 0.29) is 0 Å². The molecule has 1 aromatic rings. The van der Waals surface area contributed by atoms with Gasteiger partial charge in [-0.3, -0.25) is 0 Å². The molecule has 0 radical (unpaired) electrons. The first-order valence-electron chi connectivity index (χ1n) is 4.28. The van der Waals surface area contributed by atoms with Crippen LogP contribution in [0, 0.1) is 3.57 Å². The largest absolute Gasteiger partial charge is 0.352 e. The third-order valence-corrected chi connectivity index (χ3v) is 3.17. The van der Waals surface area contributed by atoms with E-state index in [2.05, 4.69) is 52.6 Å². The van der Waals surface area contributed by atoms with Crippen LogP contribution < -0.4 is 5.73 Å². The molecule has 12 heavy (non-hydrogen) atoms. The molecule has 3 N–H and O–H groups in total. The predicted molar refractivity (Wildman–Crippen MR) is 57.7 cm³/mol. The summed E-state index contributed by atoms with van der Waals surface area (Å²) in [6.07, 6.45) is 3.77. The van der Waals surface area contributed by atoms with Gasteiger partial charge in [0.15, 0.2) is 0 Å². The fourth-order valence-electron chi connectivity index (χ4n) is 1.39. The van der Waals surface area contributed by atoms with Crippen LogP contribution in [0.4, 0.5) is 0 Å². The lowest BCUT2D eigenvalue weighted by Crippen LogP contribution is -2.64. The Bertz CT molecular complexity index is 274. The van der Waals surface area contributed by atoms with Gasteiger partial charge in [-0.2, -0.15) is 0 Å². The highest BCUT2D eigenvalue weighted by Crippen LogP contribution is 2.33. The van der Waals surface area contributed by atoms with Gasteiger partial charge in [-0.25, -0.2) is 0 Å². The zero-order valence-electron chi connectivity index (χ0n) is 7.02. The van der Waals surface area contributed by atoms with E-state index < -0.39 is 0 Å². The molecular formula is C10H13IN+. The topological polar surface area (TPSA) is 27.6 Å². The Morgan fingerprint density at radius 1 is 1.25 bits per heavy atom. The maximum atomic E-state index is 4.20. The Morgan fingerprint density at radius 2 is 1.83 bits per heavy atom. The van der Waals surface area contributed by atoms with Crippen LogP contribution in [0.2, 0.25) is 0 Å². The van der Waals surface area contributed by atoms with Crippen molar-refractivity contribution in [1.82, 2.24) is 0 Å². The van der Waals surface area contributed by atoms with Gasteiger partial charge in [0.1, 0.15) is 0 Å². The van der Waals surface area contributed by atoms with Crippen molar-refractivity contribution in [2.45, 2.75) is 24.8 Å². The maximum Gasteiger partial charge on any atom is 0.0991 e. The van der Waals surface area contributed by atoms with E-state index in [1.165, 1.54) is 22.0 Å². The van der Waals surface area contributed by atoms with Crippen molar-refractivity contribution < 1.29 is 5.73 Å². The second-order valence-corrected chi connectivity index (χ2v) is 5.05. The normalized spacial score (nSPS) is 19.2. The summed E-state index contributed by atoms with van der Waals surface area (Å²) in [4.78, 5) is 0. The molecule has 1 saturated carbocycles. The van der Waals surface area contributed by atoms with Gasteiger partial charge in [-0.15, -0.1) is 0 Å². The van der Waals surface area contributed by atoms with E-state index in [0.717, 1.165) is 6.42 Å². The Kier molecular flexibility index (Phi) is 2.12. The molecule has 0 aliphatic heterocycles. The average Bonchev–Trinajstić information content (AvgIpc) is 2.74. The SMILES string of the molecule is [NH3+]C1(Cc2ccc(I)cc2)CC1. The fraction of sp³-hybridized carbons (Fsp3) is 0.400. The average molecular weight is 274 g/mol. The number of hydrogen-bond acceptors (Lipinski definition) is 0. The Labute approximate surface area is 86.5 Å². The number of quaternary nitrogens is 1. The fourth-order valence-corrected chi connectivity index (χ4v) is 1.75. The molecule has 0 heterocycles. The summed E-state index contributed by atoms with van der Waals surface area (Å²) in [6.45, 7) is 0. The first-order valence-corrected chi connectivity index (χ1v) is 5.36. The molecule has 2 rings (SSSR count). The van der Waals surface area contributed by atoms with Crippen LogP contribution in [0.1, 0.15) is 18.4 Å². The van der Waals surface area contributed by atoms with Gasteiger partial charge in [-0.05, 0) is 40.3 Å². The molecular weight excluding hydrogens is 261 g/mol. The molecule has 1 aromatic carbocycles. The van der Waals surface area contributed by atoms with Crippen LogP contribution >= 0.6 is 22.6 Å². The van der Waals surface area contributed by atoms with E-state index in [0.29, 0.717) is 5.54 Å². The lowest BCUT2D eigenvalue weighted by molar-refractivity contribution is -0.437. The Hall–Kier alpha value is -0.0900. The van der Waals surface area contributed by atoms with E-state index in [9.17, 15) is 0 Å². The maximum absolute atomic E-state index is 4.20. The smallest absolute Gasteiger partial charge is 0.0991 e. The molecule has 64 valence electrons. The van der Waals surface area contributed by atoms with Crippen LogP contribution in [-0.2, 0) is 6.42 Å². The van der Waals surface area contributed by atoms with Gasteiger partial charge in [0.05, 0.1) is 5.54 Å². The van der Waals surface area contributed by atoms with E-state index in [1.807, 2.05) is 0 Å². The molecule has 1 nitrogen and oxygen atoms in total. The molecule has 0 spiro atoms. The van der Waals surface area contributed by atoms with Gasteiger partial charge < -0.3 is 5.73 Å². The van der Waals surface area contributed by atoms with E-state index in [1.54, 1.807) is 0 Å². The first kappa shape index (κ1) is 8.51. The highest BCUT2D eigenvalue weighted by atomic mass is 127. The third-order valence-electron chi connectivity index (χ3n) is 2.45. The summed E-state index contributed by atoms with van der Waals surface area (Å²) in [6, 6.07) is 8.77. The van der Waals surface area contributed by atoms with Crippen molar-refractivity contribution in [3.63, 3.8) is 0 Å². The molecule has 0 atom stereocenters. The summed E-state index contributed by atoms with van der Waals surface area (Å²) in [5.74, 6) is 0. The van der Waals surface area contributed by atoms with Crippen LogP contribution in [0.5, 0.6) is 0 Å². The van der Waals surface area contributed by atoms with Gasteiger partial charge in [0, 0.05) is 22.8 Å². The number of benzene rings is 1. The summed E-state index contributed by atoms with van der Waals surface area (Å²) in [5, 5.41) is 0. The highest BCUT2D eigenvalue weighted by Gasteiger charge is 2.42. The molecule has 0 saturated heterocycles. The van der Waals surface area contributed by atoms with E-state index in [4.69, 9.17) is 0 Å². The lowest BCUT2D eigenvalue weighted by Gasteiger charge is -2.04. The third kappa shape index (κ3) is 1.98. The zero-order valence-corrected chi connectivity index (χ0v) is 9.17. The minimum absolute atomic E-state index is 0.396. The van der Waals surface area contributed by atoms with Crippen molar-refractivity contribution in [2.75, 3.05) is 0 Å². The highest BCUT2D eigenvalue weighted by molar-refractivity contribution is 14.1. The summed E-state index contributed by atoms with van der Waals surface area (Å²) in [7, 11) is 0. The van der Waals surface area contributed by atoms with Gasteiger partial charge >= 0.3 is 0 Å². The first-order chi connectivity index (χ1) is 5.68. The molecule has 1 aliphatic rings. The molecule has 0 unspecified atom stereocenters. The molecule has 1 fully saturated rings. The second kappa shape index (κ2) is 3.00. The lowest BCUT2D eigenvalue weighted by atomic mass is 10.1. The van der Waals surface area contributed by atoms with Crippen LogP contribution in [0.3, 0.4) is 0 Å². The minimum atomic E-state index is 0.396. The van der Waals surface area contributed by atoms with Crippen LogP contribution in [0.25, 0.3) is 0 Å². The molecule has 0 aromatic heterocycles. The summed E-state index contributed by atoms with van der Waals surface area (Å²) < 4.78 is 1.31. The number of rotatable bonds is 2. The van der Waals surface area contributed by atoms with Crippen LogP contribution in [-0.4, -0.2) is 5.54 Å². The van der Waals surface area contributed by atoms with Gasteiger partial charge in [-0.1, -0.05) is 12.1 Å². The predicted octanol–water partition coefficient (Wildman–Crippen LogP) is 1.61. The molecule has 1 aliphatic carbocycles. The van der Waals surface area contributed by atoms with Crippen molar-refractivity contribution in [3.05, 3.63) is 33.4 Å². The minimum Gasteiger partial charge on any atom is -0.352 e. The van der Waals surface area contributed by atoms with Gasteiger partial charge in [0.25, 0.3) is 0 Å². The van der Waals surface area contributed by atoms with Crippen molar-refractivity contribution in [3.8, 4) is 0 Å². The molecule has 0 bridgehead atoms. The van der Waals surface area contributed by atoms with Crippen molar-refractivity contribution in [2.24, 2.45) is 0 Å². The quantitative estimate of drug-likeness (QED) is 0.794. The van der Waals surface area contributed by atoms with Crippen LogP contribution in [0.15, 0.2) is 24.3 Å². The zero-order chi connectivity index (χ0) is 8.60. The standard InChI is InChI=1S/C10H12IN/c11-9-3-1-8(2-4-9)7-10(12)5-6-10/h1-4H,5-7,12H2/p+1. The summed E-state index contributed by atoms with van der Waals surface area (Å²) >= 11 is 2.33. The number of hydrogen-bond donors (Lipinski definition) is 1. The molecule has 0 amide bonds. The molecule has 2 heteroatoms. The van der Waals surface area contributed by atoms with Crippen molar-refractivity contribution >= 4 is 22.6 Å². The number of halogens is 1. The summed E-state index contributed by atoms with van der Waals surface area (Å²) in [5.41, 5.74) is 6.03. The van der Waals surface area contributed by atoms with E-state index >= 15 is 0 Å². The second-order valence-electron chi connectivity index (χ2n) is 3.80. The monoisotopic (exact) mass is 274 g/mol. The van der Waals surface area contributed by atoms with Gasteiger partial charge in [0.2, 0.25) is 0 Å².